The van der Waals surface area contributed by atoms with Crippen molar-refractivity contribution in [3.05, 3.63) is 24.3 Å². The van der Waals surface area contributed by atoms with E-state index in [1.54, 1.807) is 0 Å². The van der Waals surface area contributed by atoms with Crippen molar-refractivity contribution in [2.75, 3.05) is 0 Å². The van der Waals surface area contributed by atoms with Gasteiger partial charge in [0, 0.05) is 5.92 Å². The van der Waals surface area contributed by atoms with Gasteiger partial charge >= 0.3 is 0 Å². The predicted octanol–water partition coefficient (Wildman–Crippen LogP) is 1.89. The molecule has 1 aliphatic carbocycles. The number of allylic oxidation sites excluding steroid dienone is 3. The molecular weight excluding hydrogens is 124 g/mol. The van der Waals surface area contributed by atoms with E-state index in [0.29, 0.717) is 0 Å². The summed E-state index contributed by atoms with van der Waals surface area (Å²) in [7, 11) is 0. The topological polar surface area (TPSA) is 20.2 Å². The van der Waals surface area contributed by atoms with E-state index in [0.717, 1.165) is 6.42 Å². The van der Waals surface area contributed by atoms with Crippen molar-refractivity contribution in [3.8, 4) is 0 Å². The van der Waals surface area contributed by atoms with Crippen LogP contribution in [0.2, 0.25) is 0 Å². The molecule has 1 rings (SSSR count). The fourth-order valence-corrected chi connectivity index (χ4v) is 1.10. The molecule has 0 saturated heterocycles. The van der Waals surface area contributed by atoms with E-state index < -0.39 is 5.60 Å². The van der Waals surface area contributed by atoms with Crippen LogP contribution in [0.25, 0.3) is 0 Å². The highest BCUT2D eigenvalue weighted by atomic mass is 16.3. The standard InChI is InChI=1S/C9H14O/c1-9(2,10)8-6-4-3-5-7-8/h3-6,8,10H,7H2,1-2H3. The van der Waals surface area contributed by atoms with Crippen molar-refractivity contribution < 1.29 is 5.11 Å². The maximum absolute atomic E-state index is 9.56. The molecule has 10 heavy (non-hydrogen) atoms. The normalized spacial score (nSPS) is 25.3. The number of hydrogen-bond donors (Lipinski definition) is 1. The van der Waals surface area contributed by atoms with Gasteiger partial charge in [-0.15, -0.1) is 0 Å². The van der Waals surface area contributed by atoms with Gasteiger partial charge in [-0.2, -0.15) is 0 Å². The van der Waals surface area contributed by atoms with Crippen molar-refractivity contribution in [1.82, 2.24) is 0 Å². The fourth-order valence-electron chi connectivity index (χ4n) is 1.10. The quantitative estimate of drug-likeness (QED) is 0.586. The van der Waals surface area contributed by atoms with Crippen molar-refractivity contribution in [2.24, 2.45) is 5.92 Å². The van der Waals surface area contributed by atoms with Gasteiger partial charge in [-0.25, -0.2) is 0 Å². The van der Waals surface area contributed by atoms with Gasteiger partial charge in [-0.1, -0.05) is 24.3 Å². The number of aliphatic hydroxyl groups is 1. The Hall–Kier alpha value is -0.560. The Bertz CT molecular complexity index is 160. The summed E-state index contributed by atoms with van der Waals surface area (Å²) in [4.78, 5) is 0. The van der Waals surface area contributed by atoms with Gasteiger partial charge in [-0.05, 0) is 20.3 Å². The first kappa shape index (κ1) is 7.55. The molecule has 56 valence electrons. The Morgan fingerprint density at radius 2 is 2.10 bits per heavy atom. The monoisotopic (exact) mass is 138 g/mol. The molecule has 1 unspecified atom stereocenters. The van der Waals surface area contributed by atoms with Crippen LogP contribution < -0.4 is 0 Å². The zero-order valence-corrected chi connectivity index (χ0v) is 6.54. The molecule has 0 radical (unpaired) electrons. The molecule has 0 aromatic rings. The van der Waals surface area contributed by atoms with E-state index in [1.807, 2.05) is 26.0 Å². The fraction of sp³-hybridized carbons (Fsp3) is 0.556. The summed E-state index contributed by atoms with van der Waals surface area (Å²) in [6.45, 7) is 3.70. The minimum absolute atomic E-state index is 0.289. The summed E-state index contributed by atoms with van der Waals surface area (Å²) in [5.74, 6) is 0.289. The lowest BCUT2D eigenvalue weighted by molar-refractivity contribution is 0.0377. The minimum Gasteiger partial charge on any atom is -0.390 e. The first-order valence-corrected chi connectivity index (χ1v) is 3.66. The van der Waals surface area contributed by atoms with Gasteiger partial charge < -0.3 is 5.11 Å². The van der Waals surface area contributed by atoms with E-state index in [1.165, 1.54) is 0 Å². The summed E-state index contributed by atoms with van der Waals surface area (Å²) >= 11 is 0. The summed E-state index contributed by atoms with van der Waals surface area (Å²) in [6, 6.07) is 0. The zero-order chi connectivity index (χ0) is 7.61. The first-order valence-electron chi connectivity index (χ1n) is 3.66. The lowest BCUT2D eigenvalue weighted by Crippen LogP contribution is -2.29. The van der Waals surface area contributed by atoms with Crippen molar-refractivity contribution >= 4 is 0 Å². The molecule has 0 amide bonds. The molecule has 1 aliphatic rings. The largest absolute Gasteiger partial charge is 0.390 e. The van der Waals surface area contributed by atoms with Crippen molar-refractivity contribution in [1.29, 1.82) is 0 Å². The average Bonchev–Trinajstić information content (AvgIpc) is 1.88. The Labute approximate surface area is 62.1 Å². The molecule has 0 aromatic carbocycles. The van der Waals surface area contributed by atoms with Crippen LogP contribution in [0.4, 0.5) is 0 Å². The minimum atomic E-state index is -0.568. The molecule has 0 saturated carbocycles. The third-order valence-electron chi connectivity index (χ3n) is 1.89. The second-order valence-corrected chi connectivity index (χ2v) is 3.31. The summed E-state index contributed by atoms with van der Waals surface area (Å²) in [6.07, 6.45) is 9.11. The molecule has 0 heterocycles. The summed E-state index contributed by atoms with van der Waals surface area (Å²) < 4.78 is 0. The third kappa shape index (κ3) is 1.71. The van der Waals surface area contributed by atoms with Crippen LogP contribution in [0.15, 0.2) is 24.3 Å². The van der Waals surface area contributed by atoms with Crippen LogP contribution in [0.1, 0.15) is 20.3 Å². The molecule has 1 heteroatoms. The van der Waals surface area contributed by atoms with Crippen LogP contribution in [0.3, 0.4) is 0 Å². The van der Waals surface area contributed by atoms with Crippen LogP contribution in [0.5, 0.6) is 0 Å². The molecule has 0 aromatic heterocycles. The Morgan fingerprint density at radius 1 is 1.40 bits per heavy atom. The van der Waals surface area contributed by atoms with Crippen molar-refractivity contribution in [2.45, 2.75) is 25.9 Å². The van der Waals surface area contributed by atoms with E-state index in [2.05, 4.69) is 12.2 Å². The molecule has 0 fully saturated rings. The molecule has 0 aliphatic heterocycles. The van der Waals surface area contributed by atoms with Gasteiger partial charge in [0.05, 0.1) is 5.60 Å². The summed E-state index contributed by atoms with van der Waals surface area (Å²) in [5, 5.41) is 9.56. The highest BCUT2D eigenvalue weighted by molar-refractivity contribution is 5.13. The van der Waals surface area contributed by atoms with Gasteiger partial charge in [0.25, 0.3) is 0 Å². The average molecular weight is 138 g/mol. The lowest BCUT2D eigenvalue weighted by Gasteiger charge is -2.26. The highest BCUT2D eigenvalue weighted by Crippen LogP contribution is 2.23. The highest BCUT2D eigenvalue weighted by Gasteiger charge is 2.23. The molecule has 1 nitrogen and oxygen atoms in total. The Kier molecular flexibility index (Phi) is 1.95. The summed E-state index contributed by atoms with van der Waals surface area (Å²) in [5.41, 5.74) is -0.568. The second-order valence-electron chi connectivity index (χ2n) is 3.31. The SMILES string of the molecule is CC(C)(O)C1C=CC=CC1. The second kappa shape index (κ2) is 2.59. The van der Waals surface area contributed by atoms with E-state index in [-0.39, 0.29) is 5.92 Å². The van der Waals surface area contributed by atoms with Crippen LogP contribution >= 0.6 is 0 Å². The predicted molar refractivity (Wildman–Crippen MR) is 42.7 cm³/mol. The number of hydrogen-bond acceptors (Lipinski definition) is 1. The van der Waals surface area contributed by atoms with Gasteiger partial charge in [0.1, 0.15) is 0 Å². The maximum Gasteiger partial charge on any atom is 0.0657 e. The Balaban J connectivity index is 2.60. The number of rotatable bonds is 1. The van der Waals surface area contributed by atoms with Crippen LogP contribution in [0, 0.1) is 5.92 Å². The van der Waals surface area contributed by atoms with Crippen LogP contribution in [-0.2, 0) is 0 Å². The van der Waals surface area contributed by atoms with E-state index in [4.69, 9.17) is 0 Å². The third-order valence-corrected chi connectivity index (χ3v) is 1.89. The lowest BCUT2D eigenvalue weighted by atomic mass is 9.86. The molecule has 1 atom stereocenters. The van der Waals surface area contributed by atoms with Crippen molar-refractivity contribution in [3.63, 3.8) is 0 Å². The van der Waals surface area contributed by atoms with Gasteiger partial charge in [-0.3, -0.25) is 0 Å². The van der Waals surface area contributed by atoms with Crippen LogP contribution in [-0.4, -0.2) is 10.7 Å². The van der Waals surface area contributed by atoms with Gasteiger partial charge in [0.2, 0.25) is 0 Å². The smallest absolute Gasteiger partial charge is 0.0657 e. The molecule has 1 N–H and O–H groups in total. The molecule has 0 spiro atoms. The molecular formula is C9H14O. The van der Waals surface area contributed by atoms with E-state index in [9.17, 15) is 5.11 Å². The van der Waals surface area contributed by atoms with E-state index >= 15 is 0 Å². The Morgan fingerprint density at radius 3 is 2.40 bits per heavy atom. The molecule has 0 bridgehead atoms. The van der Waals surface area contributed by atoms with Gasteiger partial charge in [0.15, 0.2) is 0 Å². The zero-order valence-electron chi connectivity index (χ0n) is 6.54. The first-order chi connectivity index (χ1) is 4.61. The maximum atomic E-state index is 9.56.